The zero-order valence-electron chi connectivity index (χ0n) is 14.8. The largest absolute Gasteiger partial charge is 0.455 e. The number of carbonyl (C=O) groups excluding carboxylic acids is 1. The summed E-state index contributed by atoms with van der Waals surface area (Å²) < 4.78 is 6.71. The number of rotatable bonds is 4. The third-order valence-corrected chi connectivity index (χ3v) is 5.44. The smallest absolute Gasteiger partial charge is 0.350 e. The van der Waals surface area contributed by atoms with Crippen LogP contribution in [0.5, 0.6) is 0 Å². The second-order valence-corrected chi connectivity index (χ2v) is 7.47. The predicted octanol–water partition coefficient (Wildman–Crippen LogP) is 4.14. The quantitative estimate of drug-likeness (QED) is 0.472. The Kier molecular flexibility index (Phi) is 4.93. The molecule has 28 heavy (non-hydrogen) atoms. The molecule has 0 aliphatic carbocycles. The first kappa shape index (κ1) is 18.3. The Balaban J connectivity index is 1.54. The number of hydrogen-bond donors (Lipinski definition) is 0. The molecule has 0 radical (unpaired) electrons. The van der Waals surface area contributed by atoms with Gasteiger partial charge in [-0.15, -0.1) is 11.3 Å². The highest BCUT2D eigenvalue weighted by atomic mass is 35.5. The van der Waals surface area contributed by atoms with E-state index in [1.165, 1.54) is 28.0 Å². The van der Waals surface area contributed by atoms with E-state index in [1.807, 2.05) is 30.3 Å². The van der Waals surface area contributed by atoms with Gasteiger partial charge in [0.1, 0.15) is 22.1 Å². The van der Waals surface area contributed by atoms with Gasteiger partial charge in [-0.1, -0.05) is 41.9 Å². The molecule has 1 aromatic carbocycles. The van der Waals surface area contributed by atoms with E-state index >= 15 is 0 Å². The Morgan fingerprint density at radius 3 is 2.75 bits per heavy atom. The lowest BCUT2D eigenvalue weighted by molar-refractivity contribution is 0.0472. The molecular weight excluding hydrogens is 398 g/mol. The summed E-state index contributed by atoms with van der Waals surface area (Å²) >= 11 is 7.18. The summed E-state index contributed by atoms with van der Waals surface area (Å²) in [7, 11) is 0. The van der Waals surface area contributed by atoms with Gasteiger partial charge < -0.3 is 4.74 Å². The summed E-state index contributed by atoms with van der Waals surface area (Å²) in [6.45, 7) is 1.66. The van der Waals surface area contributed by atoms with E-state index in [0.717, 1.165) is 10.6 Å². The number of nitrogens with zero attached hydrogens (tertiary/aromatic N) is 3. The second kappa shape index (κ2) is 7.53. The van der Waals surface area contributed by atoms with E-state index in [0.29, 0.717) is 26.9 Å². The molecule has 0 N–H and O–H groups in total. The Labute approximate surface area is 169 Å². The first-order valence-electron chi connectivity index (χ1n) is 8.39. The molecule has 6 nitrogen and oxygen atoms in total. The van der Waals surface area contributed by atoms with E-state index < -0.39 is 5.97 Å². The maximum atomic E-state index is 12.5. The monoisotopic (exact) mass is 411 g/mol. The first-order valence-corrected chi connectivity index (χ1v) is 9.58. The number of ether oxygens (including phenoxy) is 1. The third-order valence-electron chi connectivity index (χ3n) is 4.03. The third kappa shape index (κ3) is 3.67. The number of hydrogen-bond acceptors (Lipinski definition) is 6. The average molecular weight is 412 g/mol. The van der Waals surface area contributed by atoms with Gasteiger partial charge in [0.05, 0.1) is 16.4 Å². The SMILES string of the molecule is Cc1nc(-c2ccccc2)sc1C(=O)OCc1cc(=O)n2cc(Cl)ccc2n1. The Hall–Kier alpha value is -3.03. The van der Waals surface area contributed by atoms with Gasteiger partial charge in [0.2, 0.25) is 0 Å². The molecule has 0 fully saturated rings. The van der Waals surface area contributed by atoms with Crippen LogP contribution in [0, 0.1) is 6.92 Å². The summed E-state index contributed by atoms with van der Waals surface area (Å²) in [5.74, 6) is -0.490. The van der Waals surface area contributed by atoms with Crippen LogP contribution in [0.2, 0.25) is 5.02 Å². The Morgan fingerprint density at radius 2 is 1.96 bits per heavy atom. The molecule has 0 spiro atoms. The standard InChI is InChI=1S/C20H14ClN3O3S/c1-12-18(28-19(22-12)13-5-3-2-4-6-13)20(26)27-11-15-9-17(25)24-10-14(21)7-8-16(24)23-15/h2-10H,11H2,1H3. The lowest BCUT2D eigenvalue weighted by Crippen LogP contribution is -2.16. The molecule has 3 heterocycles. The van der Waals surface area contributed by atoms with Gasteiger partial charge in [0.25, 0.3) is 5.56 Å². The maximum absolute atomic E-state index is 12.5. The number of benzene rings is 1. The van der Waals surface area contributed by atoms with Crippen molar-refractivity contribution < 1.29 is 9.53 Å². The van der Waals surface area contributed by atoms with E-state index in [9.17, 15) is 9.59 Å². The number of aromatic nitrogens is 3. The minimum Gasteiger partial charge on any atom is -0.455 e. The van der Waals surface area contributed by atoms with Crippen molar-refractivity contribution >= 4 is 34.6 Å². The predicted molar refractivity (Wildman–Crippen MR) is 108 cm³/mol. The van der Waals surface area contributed by atoms with Crippen LogP contribution in [0.15, 0.2) is 59.5 Å². The summed E-state index contributed by atoms with van der Waals surface area (Å²) in [6, 6.07) is 14.2. The van der Waals surface area contributed by atoms with E-state index in [-0.39, 0.29) is 12.2 Å². The van der Waals surface area contributed by atoms with Crippen LogP contribution in [0.25, 0.3) is 16.2 Å². The minimum atomic E-state index is -0.490. The fourth-order valence-corrected chi connectivity index (χ4v) is 3.82. The van der Waals surface area contributed by atoms with E-state index in [2.05, 4.69) is 9.97 Å². The molecule has 0 bridgehead atoms. The van der Waals surface area contributed by atoms with Gasteiger partial charge in [-0.05, 0) is 19.1 Å². The summed E-state index contributed by atoms with van der Waals surface area (Å²) in [5.41, 5.74) is 2.06. The Bertz CT molecular complexity index is 1230. The van der Waals surface area contributed by atoms with E-state index in [1.54, 1.807) is 19.1 Å². The number of halogens is 1. The van der Waals surface area contributed by atoms with Gasteiger partial charge in [0.15, 0.2) is 0 Å². The summed E-state index contributed by atoms with van der Waals surface area (Å²) in [6.07, 6.45) is 1.49. The second-order valence-electron chi connectivity index (χ2n) is 6.04. The normalized spacial score (nSPS) is 10.9. The van der Waals surface area contributed by atoms with Crippen LogP contribution in [0.4, 0.5) is 0 Å². The molecule has 8 heteroatoms. The fourth-order valence-electron chi connectivity index (χ4n) is 2.70. The van der Waals surface area contributed by atoms with Gasteiger partial charge in [-0.2, -0.15) is 0 Å². The van der Waals surface area contributed by atoms with Crippen molar-refractivity contribution in [2.75, 3.05) is 0 Å². The molecule has 0 amide bonds. The first-order chi connectivity index (χ1) is 13.5. The number of pyridine rings is 1. The van der Waals surface area contributed by atoms with Crippen LogP contribution in [0.3, 0.4) is 0 Å². The molecule has 3 aromatic heterocycles. The topological polar surface area (TPSA) is 73.6 Å². The lowest BCUT2D eigenvalue weighted by atomic mass is 10.2. The molecule has 0 atom stereocenters. The van der Waals surface area contributed by atoms with Crippen LogP contribution < -0.4 is 5.56 Å². The molecule has 0 saturated carbocycles. The van der Waals surface area contributed by atoms with Crippen molar-refractivity contribution in [2.24, 2.45) is 0 Å². The molecule has 140 valence electrons. The summed E-state index contributed by atoms with van der Waals surface area (Å²) in [4.78, 5) is 33.9. The van der Waals surface area contributed by atoms with Crippen LogP contribution in [-0.2, 0) is 11.3 Å². The van der Waals surface area contributed by atoms with Gasteiger partial charge in [-0.25, -0.2) is 14.8 Å². The van der Waals surface area contributed by atoms with Crippen LogP contribution >= 0.6 is 22.9 Å². The van der Waals surface area contributed by atoms with Crippen molar-refractivity contribution in [3.63, 3.8) is 0 Å². The molecule has 4 aromatic rings. The fraction of sp³-hybridized carbons (Fsp3) is 0.100. The van der Waals surface area contributed by atoms with Crippen LogP contribution in [-0.4, -0.2) is 20.3 Å². The molecule has 4 rings (SSSR count). The van der Waals surface area contributed by atoms with Crippen molar-refractivity contribution in [1.29, 1.82) is 0 Å². The number of thiazole rings is 1. The summed E-state index contributed by atoms with van der Waals surface area (Å²) in [5, 5.41) is 1.19. The van der Waals surface area contributed by atoms with Crippen molar-refractivity contribution in [3.05, 3.63) is 86.4 Å². The van der Waals surface area contributed by atoms with Crippen molar-refractivity contribution in [3.8, 4) is 10.6 Å². The number of fused-ring (bicyclic) bond motifs is 1. The number of carbonyl (C=O) groups is 1. The van der Waals surface area contributed by atoms with Crippen molar-refractivity contribution in [1.82, 2.24) is 14.4 Å². The molecule has 0 aliphatic heterocycles. The van der Waals surface area contributed by atoms with Gasteiger partial charge in [0, 0.05) is 17.8 Å². The number of esters is 1. The molecule has 0 unspecified atom stereocenters. The zero-order valence-corrected chi connectivity index (χ0v) is 16.3. The van der Waals surface area contributed by atoms with Gasteiger partial charge >= 0.3 is 5.97 Å². The van der Waals surface area contributed by atoms with Crippen molar-refractivity contribution in [2.45, 2.75) is 13.5 Å². The molecule has 0 aliphatic rings. The highest BCUT2D eigenvalue weighted by Gasteiger charge is 2.18. The molecular formula is C20H14ClN3O3S. The van der Waals surface area contributed by atoms with Crippen LogP contribution in [0.1, 0.15) is 21.1 Å². The Morgan fingerprint density at radius 1 is 1.18 bits per heavy atom. The maximum Gasteiger partial charge on any atom is 0.350 e. The lowest BCUT2D eigenvalue weighted by Gasteiger charge is -2.05. The minimum absolute atomic E-state index is 0.106. The number of aryl methyl sites for hydroxylation is 1. The average Bonchev–Trinajstić information content (AvgIpc) is 3.09. The zero-order chi connectivity index (χ0) is 19.7. The highest BCUT2D eigenvalue weighted by molar-refractivity contribution is 7.17. The van der Waals surface area contributed by atoms with E-state index in [4.69, 9.17) is 16.3 Å². The molecule has 0 saturated heterocycles. The van der Waals surface area contributed by atoms with Gasteiger partial charge in [-0.3, -0.25) is 9.20 Å². The highest BCUT2D eigenvalue weighted by Crippen LogP contribution is 2.28.